The molecule has 5 aromatic rings. The van der Waals surface area contributed by atoms with Crippen molar-refractivity contribution in [1.82, 2.24) is 24.8 Å². The number of pyridine rings is 3. The lowest BCUT2D eigenvalue weighted by Gasteiger charge is -2.31. The lowest BCUT2D eigenvalue weighted by atomic mass is 10.00. The molecule has 9 nitrogen and oxygen atoms in total. The third-order valence-electron chi connectivity index (χ3n) is 6.87. The number of aromatic nitrogens is 4. The van der Waals surface area contributed by atoms with E-state index in [9.17, 15) is 4.79 Å². The summed E-state index contributed by atoms with van der Waals surface area (Å²) in [6, 6.07) is 15.9. The number of aromatic amines is 1. The number of rotatable bonds is 6. The Bertz CT molecular complexity index is 1690. The first-order valence-corrected chi connectivity index (χ1v) is 13.7. The molecular weight excluding hydrogens is 516 g/mol. The summed E-state index contributed by atoms with van der Waals surface area (Å²) < 4.78 is 12.0. The van der Waals surface area contributed by atoms with Crippen LogP contribution in [0.3, 0.4) is 0 Å². The molecule has 41 heavy (non-hydrogen) atoms. The highest BCUT2D eigenvalue weighted by atomic mass is 16.6. The van der Waals surface area contributed by atoms with Gasteiger partial charge in [0.05, 0.1) is 5.39 Å². The molecule has 1 aliphatic rings. The van der Waals surface area contributed by atoms with E-state index in [2.05, 4.69) is 31.3 Å². The zero-order valence-corrected chi connectivity index (χ0v) is 23.3. The highest BCUT2D eigenvalue weighted by molar-refractivity contribution is 5.98. The number of nitrogens with one attached hydrogen (secondary N) is 2. The first-order valence-electron chi connectivity index (χ1n) is 13.7. The maximum atomic E-state index is 12.7. The zero-order valence-electron chi connectivity index (χ0n) is 23.3. The standard InChI is InChI=1S/C32H32N6O3/c1-32(2,3)41-31(39)38-14-10-22-6-7-25(15-24(22)20-38)40-27-9-13-35-30-29(27)26(19-37-30)23-8-12-34-28(16-23)36-18-21-5-4-11-33-17-21/h4-9,11-13,15-17,19H,10,14,18,20H2,1-3H3,(H,34,36)(H,35,37). The van der Waals surface area contributed by atoms with Crippen molar-refractivity contribution in [1.29, 1.82) is 0 Å². The minimum atomic E-state index is -0.533. The van der Waals surface area contributed by atoms with Gasteiger partial charge < -0.3 is 24.7 Å². The van der Waals surface area contributed by atoms with Crippen molar-refractivity contribution in [2.24, 2.45) is 0 Å². The summed E-state index contributed by atoms with van der Waals surface area (Å²) in [6.07, 6.45) is 9.53. The maximum absolute atomic E-state index is 12.7. The number of nitrogens with zero attached hydrogens (tertiary/aromatic N) is 4. The number of carbonyl (C=O) groups excluding carboxylic acids is 1. The normalized spacial score (nSPS) is 13.1. The molecule has 0 aliphatic carbocycles. The highest BCUT2D eigenvalue weighted by Gasteiger charge is 2.26. The van der Waals surface area contributed by atoms with Crippen LogP contribution in [0, 0.1) is 0 Å². The third kappa shape index (κ3) is 5.99. The van der Waals surface area contributed by atoms with Crippen LogP contribution in [0.4, 0.5) is 10.6 Å². The molecule has 6 rings (SSSR count). The predicted octanol–water partition coefficient (Wildman–Crippen LogP) is 6.72. The summed E-state index contributed by atoms with van der Waals surface area (Å²) in [4.78, 5) is 30.9. The van der Waals surface area contributed by atoms with Gasteiger partial charge in [-0.3, -0.25) is 4.98 Å². The van der Waals surface area contributed by atoms with Gasteiger partial charge in [-0.1, -0.05) is 12.1 Å². The van der Waals surface area contributed by atoms with E-state index in [1.807, 2.05) is 75.6 Å². The average molecular weight is 549 g/mol. The molecule has 0 fully saturated rings. The maximum Gasteiger partial charge on any atom is 0.410 e. The van der Waals surface area contributed by atoms with Gasteiger partial charge in [0, 0.05) is 56.2 Å². The van der Waals surface area contributed by atoms with Crippen LogP contribution in [0.15, 0.2) is 79.5 Å². The Morgan fingerprint density at radius 3 is 2.76 bits per heavy atom. The van der Waals surface area contributed by atoms with Crippen LogP contribution in [0.5, 0.6) is 11.5 Å². The number of hydrogen-bond donors (Lipinski definition) is 2. The van der Waals surface area contributed by atoms with Gasteiger partial charge in [0.1, 0.15) is 28.6 Å². The van der Waals surface area contributed by atoms with E-state index in [-0.39, 0.29) is 6.09 Å². The molecule has 4 aromatic heterocycles. The summed E-state index contributed by atoms with van der Waals surface area (Å²) >= 11 is 0. The van der Waals surface area contributed by atoms with Crippen molar-refractivity contribution >= 4 is 22.9 Å². The van der Waals surface area contributed by atoms with Crippen molar-refractivity contribution in [2.75, 3.05) is 11.9 Å². The number of hydrogen-bond acceptors (Lipinski definition) is 7. The van der Waals surface area contributed by atoms with Gasteiger partial charge in [-0.15, -0.1) is 0 Å². The van der Waals surface area contributed by atoms with Crippen LogP contribution in [-0.4, -0.2) is 43.1 Å². The summed E-state index contributed by atoms with van der Waals surface area (Å²) in [5.41, 5.74) is 5.48. The molecule has 0 atom stereocenters. The van der Waals surface area contributed by atoms with Crippen LogP contribution in [0.25, 0.3) is 22.2 Å². The van der Waals surface area contributed by atoms with Gasteiger partial charge in [0.25, 0.3) is 0 Å². The van der Waals surface area contributed by atoms with Crippen LogP contribution >= 0.6 is 0 Å². The van der Waals surface area contributed by atoms with Crippen LogP contribution < -0.4 is 10.1 Å². The second-order valence-electron chi connectivity index (χ2n) is 11.1. The topological polar surface area (TPSA) is 105 Å². The molecule has 2 N–H and O–H groups in total. The zero-order chi connectivity index (χ0) is 28.4. The smallest absolute Gasteiger partial charge is 0.410 e. The van der Waals surface area contributed by atoms with Crippen molar-refractivity contribution in [3.05, 3.63) is 96.2 Å². The molecular formula is C32H32N6O3. The van der Waals surface area contributed by atoms with Crippen LogP contribution in [0.1, 0.15) is 37.5 Å². The van der Waals surface area contributed by atoms with Gasteiger partial charge in [-0.25, -0.2) is 14.8 Å². The summed E-state index contributed by atoms with van der Waals surface area (Å²) in [5, 5.41) is 4.25. The molecule has 9 heteroatoms. The van der Waals surface area contributed by atoms with E-state index in [4.69, 9.17) is 9.47 Å². The van der Waals surface area contributed by atoms with Crippen LogP contribution in [-0.2, 0) is 24.2 Å². The number of fused-ring (bicyclic) bond motifs is 2. The Morgan fingerprint density at radius 1 is 1.05 bits per heavy atom. The summed E-state index contributed by atoms with van der Waals surface area (Å²) in [7, 11) is 0. The van der Waals surface area contributed by atoms with Crippen molar-refractivity contribution in [3.8, 4) is 22.6 Å². The summed E-state index contributed by atoms with van der Waals surface area (Å²) in [5.74, 6) is 2.15. The quantitative estimate of drug-likeness (QED) is 0.243. The molecule has 1 aliphatic heterocycles. The van der Waals surface area contributed by atoms with E-state index in [1.165, 1.54) is 5.56 Å². The highest BCUT2D eigenvalue weighted by Crippen LogP contribution is 2.37. The number of benzene rings is 1. The van der Waals surface area contributed by atoms with E-state index < -0.39 is 5.60 Å². The molecule has 0 spiro atoms. The van der Waals surface area contributed by atoms with Gasteiger partial charge in [-0.05, 0) is 85.8 Å². The molecule has 208 valence electrons. The minimum absolute atomic E-state index is 0.297. The number of anilines is 1. The Balaban J connectivity index is 1.24. The second-order valence-corrected chi connectivity index (χ2v) is 11.1. The van der Waals surface area contributed by atoms with E-state index in [1.54, 1.807) is 23.5 Å². The molecule has 0 saturated carbocycles. The van der Waals surface area contributed by atoms with Crippen molar-refractivity contribution in [2.45, 2.75) is 45.9 Å². The fraction of sp³-hybridized carbons (Fsp3) is 0.250. The van der Waals surface area contributed by atoms with Gasteiger partial charge in [-0.2, -0.15) is 0 Å². The monoisotopic (exact) mass is 548 g/mol. The Hall–Kier alpha value is -4.92. The molecule has 0 radical (unpaired) electrons. The van der Waals surface area contributed by atoms with E-state index in [0.29, 0.717) is 31.1 Å². The lowest BCUT2D eigenvalue weighted by Crippen LogP contribution is -2.39. The van der Waals surface area contributed by atoms with Gasteiger partial charge in [0.15, 0.2) is 0 Å². The molecule has 0 unspecified atom stereocenters. The molecule has 0 bridgehead atoms. The molecule has 5 heterocycles. The number of H-pyrrole nitrogens is 1. The molecule has 1 aromatic carbocycles. The first-order chi connectivity index (χ1) is 19.8. The molecule has 1 amide bonds. The third-order valence-corrected chi connectivity index (χ3v) is 6.87. The first kappa shape index (κ1) is 26.3. The minimum Gasteiger partial charge on any atom is -0.457 e. The number of amides is 1. The fourth-order valence-electron chi connectivity index (χ4n) is 4.94. The number of carbonyl (C=O) groups is 1. The largest absolute Gasteiger partial charge is 0.457 e. The Morgan fingerprint density at radius 2 is 1.93 bits per heavy atom. The average Bonchev–Trinajstić information content (AvgIpc) is 3.41. The van der Waals surface area contributed by atoms with Gasteiger partial charge in [0.2, 0.25) is 0 Å². The van der Waals surface area contributed by atoms with E-state index >= 15 is 0 Å². The van der Waals surface area contributed by atoms with Crippen molar-refractivity contribution in [3.63, 3.8) is 0 Å². The fourth-order valence-corrected chi connectivity index (χ4v) is 4.94. The summed E-state index contributed by atoms with van der Waals surface area (Å²) in [6.45, 7) is 7.37. The van der Waals surface area contributed by atoms with Crippen molar-refractivity contribution < 1.29 is 14.3 Å². The molecule has 0 saturated heterocycles. The SMILES string of the molecule is CC(C)(C)OC(=O)N1CCc2ccc(Oc3ccnc4[nH]cc(-c5ccnc(NCc6cccnc6)c5)c34)cc2C1. The van der Waals surface area contributed by atoms with E-state index in [0.717, 1.165) is 45.5 Å². The second kappa shape index (κ2) is 10.9. The predicted molar refractivity (Wildman–Crippen MR) is 158 cm³/mol. The Kier molecular flexibility index (Phi) is 7.01. The lowest BCUT2D eigenvalue weighted by molar-refractivity contribution is 0.0224. The number of ether oxygens (including phenoxy) is 2. The van der Waals surface area contributed by atoms with Crippen LogP contribution in [0.2, 0.25) is 0 Å². The van der Waals surface area contributed by atoms with Gasteiger partial charge >= 0.3 is 6.09 Å². The Labute approximate surface area is 238 Å².